The predicted molar refractivity (Wildman–Crippen MR) is 136 cm³/mol. The molecule has 2 atom stereocenters. The van der Waals surface area contributed by atoms with Gasteiger partial charge in [0.1, 0.15) is 34.9 Å². The van der Waals surface area contributed by atoms with Crippen LogP contribution in [0.1, 0.15) is 5.69 Å². The van der Waals surface area contributed by atoms with Crippen molar-refractivity contribution in [3.8, 4) is 0 Å². The summed E-state index contributed by atoms with van der Waals surface area (Å²) >= 11 is 3.75. The van der Waals surface area contributed by atoms with E-state index >= 15 is 0 Å². The van der Waals surface area contributed by atoms with Crippen molar-refractivity contribution in [2.75, 3.05) is 30.1 Å². The lowest BCUT2D eigenvalue weighted by molar-refractivity contribution is -0.150. The van der Waals surface area contributed by atoms with E-state index in [1.54, 1.807) is 6.07 Å². The quantitative estimate of drug-likeness (QED) is 0.0906. The summed E-state index contributed by atoms with van der Waals surface area (Å²) < 4.78 is 1.38. The molecule has 3 aromatic heterocycles. The number of nitrogens with two attached hydrogens (primary N) is 2. The van der Waals surface area contributed by atoms with Crippen molar-refractivity contribution >= 4 is 75.0 Å². The van der Waals surface area contributed by atoms with Crippen molar-refractivity contribution in [3.05, 3.63) is 34.6 Å². The summed E-state index contributed by atoms with van der Waals surface area (Å²) in [6.45, 7) is 0. The number of carbonyl (C=O) groups excluding carboxylic acids is 2. The zero-order valence-electron chi connectivity index (χ0n) is 18.9. The van der Waals surface area contributed by atoms with E-state index in [1.165, 1.54) is 51.6 Å². The molecular weight excluding hydrogens is 544 g/mol. The second-order valence-corrected chi connectivity index (χ2v) is 10.6. The zero-order valence-corrected chi connectivity index (χ0v) is 21.3. The van der Waals surface area contributed by atoms with Gasteiger partial charge >= 0.3 is 5.97 Å². The molecule has 2 amide bonds. The molecule has 1 fully saturated rings. The normalized spacial score (nSPS) is 19.5. The topological polar surface area (TPSA) is 216 Å². The number of nitrogen functional groups attached to an aromatic ring is 2. The van der Waals surface area contributed by atoms with E-state index < -0.39 is 29.2 Å². The third kappa shape index (κ3) is 4.53. The first-order chi connectivity index (χ1) is 17.8. The lowest BCUT2D eigenvalue weighted by Gasteiger charge is -2.49. The Kier molecular flexibility index (Phi) is 6.61. The van der Waals surface area contributed by atoms with Gasteiger partial charge in [-0.2, -0.15) is 4.52 Å². The highest BCUT2D eigenvalue weighted by atomic mass is 32.2. The van der Waals surface area contributed by atoms with Crippen LogP contribution in [0.2, 0.25) is 0 Å². The molecule has 0 saturated carbocycles. The third-order valence-electron chi connectivity index (χ3n) is 5.38. The molecule has 5 rings (SSSR count). The SMILES string of the molecule is CO/N=C(\C(=O)N[C@@H]1C(=O)N2C(C(=O)O)=C(CSc3cc4cnnn4c(N)n3)CS[C@H]12)c1csc(N)n1. The van der Waals surface area contributed by atoms with Gasteiger partial charge in [0.05, 0.1) is 11.7 Å². The number of carboxylic acid groups (broad SMARTS) is 1. The Morgan fingerprint density at radius 2 is 2.19 bits per heavy atom. The maximum atomic E-state index is 13.0. The number of thiazole rings is 1. The number of hydrogen-bond donors (Lipinski definition) is 4. The van der Waals surface area contributed by atoms with Gasteiger partial charge < -0.3 is 26.7 Å². The Hall–Kier alpha value is -3.90. The first-order valence-electron chi connectivity index (χ1n) is 10.4. The summed E-state index contributed by atoms with van der Waals surface area (Å²) in [5, 5.41) is 25.6. The smallest absolute Gasteiger partial charge is 0.352 e. The lowest BCUT2D eigenvalue weighted by Crippen LogP contribution is -2.71. The number of carboxylic acids is 1. The van der Waals surface area contributed by atoms with Crippen LogP contribution in [0.3, 0.4) is 0 Å². The fourth-order valence-electron chi connectivity index (χ4n) is 3.77. The van der Waals surface area contributed by atoms with Gasteiger partial charge in [0, 0.05) is 16.9 Å². The number of carbonyl (C=O) groups is 3. The van der Waals surface area contributed by atoms with Crippen molar-refractivity contribution in [2.24, 2.45) is 5.16 Å². The van der Waals surface area contributed by atoms with Gasteiger partial charge in [0.2, 0.25) is 5.95 Å². The highest BCUT2D eigenvalue weighted by molar-refractivity contribution is 8.01. The minimum absolute atomic E-state index is 0.107. The van der Waals surface area contributed by atoms with E-state index in [0.717, 1.165) is 11.3 Å². The first-order valence-corrected chi connectivity index (χ1v) is 13.3. The van der Waals surface area contributed by atoms with Gasteiger partial charge in [0.15, 0.2) is 10.8 Å². The molecule has 15 nitrogen and oxygen atoms in total. The fourth-order valence-corrected chi connectivity index (χ4v) is 6.72. The summed E-state index contributed by atoms with van der Waals surface area (Å²) in [6, 6.07) is 0.785. The van der Waals surface area contributed by atoms with E-state index in [4.69, 9.17) is 16.3 Å². The Balaban J connectivity index is 1.32. The van der Waals surface area contributed by atoms with Crippen LogP contribution in [0.5, 0.6) is 0 Å². The van der Waals surface area contributed by atoms with Crippen LogP contribution in [0.25, 0.3) is 5.52 Å². The van der Waals surface area contributed by atoms with Crippen molar-refractivity contribution in [2.45, 2.75) is 16.4 Å². The molecule has 0 spiro atoms. The minimum Gasteiger partial charge on any atom is -0.477 e. The largest absolute Gasteiger partial charge is 0.477 e. The van der Waals surface area contributed by atoms with E-state index in [0.29, 0.717) is 21.9 Å². The summed E-state index contributed by atoms with van der Waals surface area (Å²) in [6.07, 6.45) is 1.53. The molecule has 5 heterocycles. The van der Waals surface area contributed by atoms with Crippen LogP contribution in [0.4, 0.5) is 11.1 Å². The number of fused-ring (bicyclic) bond motifs is 2. The number of oxime groups is 1. The molecule has 0 bridgehead atoms. The molecule has 0 unspecified atom stereocenters. The Morgan fingerprint density at radius 1 is 1.38 bits per heavy atom. The van der Waals surface area contributed by atoms with Crippen LogP contribution in [-0.4, -0.2) is 88.3 Å². The van der Waals surface area contributed by atoms with Gasteiger partial charge in [0.25, 0.3) is 11.8 Å². The van der Waals surface area contributed by atoms with Crippen LogP contribution < -0.4 is 16.8 Å². The molecule has 6 N–H and O–H groups in total. The molecule has 192 valence electrons. The second kappa shape index (κ2) is 9.87. The number of nitrogens with zero attached hydrogens (tertiary/aromatic N) is 7. The zero-order chi connectivity index (χ0) is 26.3. The number of β-lactam (4-membered cyclic amide) rings is 1. The number of rotatable bonds is 8. The van der Waals surface area contributed by atoms with Gasteiger partial charge in [-0.25, -0.2) is 14.8 Å². The number of hydrogen-bond acceptors (Lipinski definition) is 14. The van der Waals surface area contributed by atoms with Crippen molar-refractivity contribution < 1.29 is 24.3 Å². The highest BCUT2D eigenvalue weighted by Gasteiger charge is 2.54. The maximum absolute atomic E-state index is 13.0. The van der Waals surface area contributed by atoms with E-state index in [1.807, 2.05) is 0 Å². The molecule has 18 heteroatoms. The Bertz CT molecular complexity index is 1480. The van der Waals surface area contributed by atoms with Crippen LogP contribution in [0.15, 0.2) is 39.1 Å². The van der Waals surface area contributed by atoms with Crippen LogP contribution in [-0.2, 0) is 19.2 Å². The molecule has 0 radical (unpaired) electrons. The molecular formula is C19H18N10O5S3. The van der Waals surface area contributed by atoms with Gasteiger partial charge in [-0.15, -0.1) is 40.0 Å². The number of aliphatic carboxylic acids is 1. The minimum atomic E-state index is -1.23. The average Bonchev–Trinajstić information content (AvgIpc) is 3.52. The predicted octanol–water partition coefficient (Wildman–Crippen LogP) is -0.373. The van der Waals surface area contributed by atoms with Crippen LogP contribution in [0, 0.1) is 0 Å². The van der Waals surface area contributed by atoms with E-state index in [-0.39, 0.29) is 33.9 Å². The second-order valence-electron chi connectivity index (χ2n) is 7.62. The van der Waals surface area contributed by atoms with Gasteiger partial charge in [-0.3, -0.25) is 14.5 Å². The molecule has 2 aliphatic heterocycles. The van der Waals surface area contributed by atoms with Crippen molar-refractivity contribution in [1.29, 1.82) is 0 Å². The number of nitrogens with one attached hydrogen (secondary N) is 1. The standard InChI is InChI=1S/C19H18N10O5S3/c1-34-26-11(9-6-37-19(21)23-9)14(30)25-12-15(31)28-13(17(32)33)7(5-36-16(12)28)4-35-10-2-8-3-22-27-29(8)18(20)24-10/h2-3,6,12,16H,4-5H2,1H3,(H2,20,24)(H2,21,23)(H,25,30)(H,32,33)/b26-11-/t12-,16-/m1/s1. The number of amides is 2. The molecule has 2 aliphatic rings. The molecule has 3 aromatic rings. The number of aromatic nitrogens is 5. The van der Waals surface area contributed by atoms with Gasteiger partial charge in [-0.1, -0.05) is 10.4 Å². The Labute approximate surface area is 220 Å². The monoisotopic (exact) mass is 562 g/mol. The Morgan fingerprint density at radius 3 is 2.89 bits per heavy atom. The van der Waals surface area contributed by atoms with E-state index in [2.05, 4.69) is 30.8 Å². The third-order valence-corrected chi connectivity index (χ3v) is 8.39. The first kappa shape index (κ1) is 24.8. The number of anilines is 2. The molecule has 0 aromatic carbocycles. The lowest BCUT2D eigenvalue weighted by atomic mass is 10.0. The van der Waals surface area contributed by atoms with Crippen molar-refractivity contribution in [1.82, 2.24) is 35.0 Å². The summed E-state index contributed by atoms with van der Waals surface area (Å²) in [5.74, 6) is -1.72. The average molecular weight is 563 g/mol. The maximum Gasteiger partial charge on any atom is 0.352 e. The van der Waals surface area contributed by atoms with Gasteiger partial charge in [-0.05, 0) is 11.6 Å². The summed E-state index contributed by atoms with van der Waals surface area (Å²) in [4.78, 5) is 52.2. The molecule has 1 saturated heterocycles. The highest BCUT2D eigenvalue weighted by Crippen LogP contribution is 2.41. The fraction of sp³-hybridized carbons (Fsp3) is 0.263. The molecule has 0 aliphatic carbocycles. The summed E-state index contributed by atoms with van der Waals surface area (Å²) in [7, 11) is 1.27. The molecule has 37 heavy (non-hydrogen) atoms. The number of thioether (sulfide) groups is 2. The van der Waals surface area contributed by atoms with Crippen LogP contribution >= 0.6 is 34.9 Å². The summed E-state index contributed by atoms with van der Waals surface area (Å²) in [5.41, 5.74) is 12.7. The van der Waals surface area contributed by atoms with Crippen molar-refractivity contribution in [3.63, 3.8) is 0 Å². The van der Waals surface area contributed by atoms with E-state index in [9.17, 15) is 19.5 Å².